The molecule has 18 heavy (non-hydrogen) atoms. The summed E-state index contributed by atoms with van der Waals surface area (Å²) in [7, 11) is 0. The van der Waals surface area contributed by atoms with E-state index in [0.717, 1.165) is 18.7 Å². The lowest BCUT2D eigenvalue weighted by molar-refractivity contribution is 0.0126. The summed E-state index contributed by atoms with van der Waals surface area (Å²) in [5.74, 6) is -0.0938. The third-order valence-corrected chi connectivity index (χ3v) is 4.10. The number of aliphatic hydroxyl groups is 1. The molecule has 1 fully saturated rings. The zero-order valence-corrected chi connectivity index (χ0v) is 10.6. The highest BCUT2D eigenvalue weighted by Gasteiger charge is 2.44. The molecule has 1 aliphatic heterocycles. The van der Waals surface area contributed by atoms with Gasteiger partial charge in [-0.2, -0.15) is 0 Å². The van der Waals surface area contributed by atoms with E-state index in [1.807, 2.05) is 24.3 Å². The molecule has 2 aliphatic rings. The molecule has 1 saturated heterocycles. The van der Waals surface area contributed by atoms with Gasteiger partial charge >= 0.3 is 0 Å². The average molecular weight is 245 g/mol. The second kappa shape index (κ2) is 4.48. The Labute approximate surface area is 107 Å². The summed E-state index contributed by atoms with van der Waals surface area (Å²) in [6.45, 7) is 2.50. The molecule has 3 nitrogen and oxygen atoms in total. The Morgan fingerprint density at radius 3 is 2.61 bits per heavy atom. The van der Waals surface area contributed by atoms with Crippen molar-refractivity contribution in [3.8, 4) is 0 Å². The van der Waals surface area contributed by atoms with Crippen LogP contribution in [0.25, 0.3) is 0 Å². The standard InChI is InChI=1S/C15H19NO2/c17-14-13-7-3-2-6-12(13)10-15(14,18)11-16-8-4-1-5-9-16/h2-3,6-7,18H,1,4-5,8-11H2. The highest BCUT2D eigenvalue weighted by molar-refractivity contribution is 6.06. The number of fused-ring (bicyclic) bond motifs is 1. The highest BCUT2D eigenvalue weighted by Crippen LogP contribution is 2.31. The number of carbonyl (C=O) groups is 1. The zero-order valence-electron chi connectivity index (χ0n) is 10.6. The number of nitrogens with zero attached hydrogens (tertiary/aromatic N) is 1. The summed E-state index contributed by atoms with van der Waals surface area (Å²) in [6, 6.07) is 7.56. The van der Waals surface area contributed by atoms with Crippen LogP contribution in [-0.4, -0.2) is 41.0 Å². The Morgan fingerprint density at radius 1 is 1.17 bits per heavy atom. The van der Waals surface area contributed by atoms with E-state index < -0.39 is 5.60 Å². The van der Waals surface area contributed by atoms with Crippen LogP contribution in [0.4, 0.5) is 0 Å². The van der Waals surface area contributed by atoms with Crippen LogP contribution in [0.3, 0.4) is 0 Å². The lowest BCUT2D eigenvalue weighted by Crippen LogP contribution is -2.49. The molecule has 1 N–H and O–H groups in total. The van der Waals surface area contributed by atoms with Gasteiger partial charge in [0, 0.05) is 18.5 Å². The van der Waals surface area contributed by atoms with E-state index in [1.165, 1.54) is 19.3 Å². The van der Waals surface area contributed by atoms with Gasteiger partial charge in [-0.15, -0.1) is 0 Å². The zero-order chi connectivity index (χ0) is 12.6. The van der Waals surface area contributed by atoms with Crippen molar-refractivity contribution in [1.82, 2.24) is 4.90 Å². The van der Waals surface area contributed by atoms with Crippen LogP contribution in [-0.2, 0) is 6.42 Å². The number of Topliss-reactive ketones (excluding diaryl/α,β-unsaturated/α-hetero) is 1. The second-order valence-corrected chi connectivity index (χ2v) is 5.53. The van der Waals surface area contributed by atoms with Crippen molar-refractivity contribution in [3.63, 3.8) is 0 Å². The van der Waals surface area contributed by atoms with Gasteiger partial charge in [-0.25, -0.2) is 0 Å². The molecule has 1 unspecified atom stereocenters. The predicted molar refractivity (Wildman–Crippen MR) is 69.7 cm³/mol. The third kappa shape index (κ3) is 1.98. The molecule has 0 spiro atoms. The van der Waals surface area contributed by atoms with E-state index in [2.05, 4.69) is 4.90 Å². The summed E-state index contributed by atoms with van der Waals surface area (Å²) < 4.78 is 0. The fraction of sp³-hybridized carbons (Fsp3) is 0.533. The molecular formula is C15H19NO2. The van der Waals surface area contributed by atoms with Gasteiger partial charge in [-0.1, -0.05) is 30.7 Å². The lowest BCUT2D eigenvalue weighted by atomic mass is 9.97. The van der Waals surface area contributed by atoms with E-state index in [4.69, 9.17) is 0 Å². The van der Waals surface area contributed by atoms with Crippen molar-refractivity contribution in [2.24, 2.45) is 0 Å². The van der Waals surface area contributed by atoms with E-state index in [9.17, 15) is 9.90 Å². The predicted octanol–water partition coefficient (Wildman–Crippen LogP) is 1.64. The molecule has 1 aliphatic carbocycles. The van der Waals surface area contributed by atoms with Crippen LogP contribution in [0.2, 0.25) is 0 Å². The van der Waals surface area contributed by atoms with Gasteiger partial charge in [-0.3, -0.25) is 9.69 Å². The second-order valence-electron chi connectivity index (χ2n) is 5.53. The summed E-state index contributed by atoms with van der Waals surface area (Å²) in [5.41, 5.74) is 0.500. The molecule has 1 aromatic carbocycles. The molecule has 0 amide bonds. The molecule has 0 bridgehead atoms. The van der Waals surface area contributed by atoms with Crippen molar-refractivity contribution in [3.05, 3.63) is 35.4 Å². The number of β-amino-alcohol motifs (C(OH)–C–C–N with tert-alkyl or cyclic N) is 1. The number of hydrogen-bond acceptors (Lipinski definition) is 3. The van der Waals surface area contributed by atoms with E-state index in [1.54, 1.807) is 0 Å². The maximum Gasteiger partial charge on any atom is 0.196 e. The monoisotopic (exact) mass is 245 g/mol. The number of likely N-dealkylation sites (tertiary alicyclic amines) is 1. The summed E-state index contributed by atoms with van der Waals surface area (Å²) in [5, 5.41) is 10.6. The Bertz CT molecular complexity index is 465. The first-order valence-electron chi connectivity index (χ1n) is 6.76. The van der Waals surface area contributed by atoms with Crippen molar-refractivity contribution in [1.29, 1.82) is 0 Å². The molecule has 0 saturated carbocycles. The van der Waals surface area contributed by atoms with Crippen molar-refractivity contribution >= 4 is 5.78 Å². The maximum atomic E-state index is 12.3. The van der Waals surface area contributed by atoms with Gasteiger partial charge in [-0.05, 0) is 31.5 Å². The molecule has 1 atom stereocenters. The molecule has 1 heterocycles. The topological polar surface area (TPSA) is 40.5 Å². The van der Waals surface area contributed by atoms with Crippen LogP contribution in [0, 0.1) is 0 Å². The summed E-state index contributed by atoms with van der Waals surface area (Å²) in [4.78, 5) is 14.5. The molecule has 96 valence electrons. The average Bonchev–Trinajstić information content (AvgIpc) is 2.63. The maximum absolute atomic E-state index is 12.3. The number of piperidine rings is 1. The van der Waals surface area contributed by atoms with Gasteiger partial charge in [0.1, 0.15) is 5.60 Å². The minimum absolute atomic E-state index is 0.0938. The first-order chi connectivity index (χ1) is 8.69. The van der Waals surface area contributed by atoms with Gasteiger partial charge in [0.05, 0.1) is 0 Å². The largest absolute Gasteiger partial charge is 0.380 e. The molecule has 0 radical (unpaired) electrons. The van der Waals surface area contributed by atoms with Crippen LogP contribution >= 0.6 is 0 Å². The number of benzene rings is 1. The van der Waals surface area contributed by atoms with Gasteiger partial charge in [0.2, 0.25) is 0 Å². The molecule has 0 aromatic heterocycles. The molecule has 3 rings (SSSR count). The van der Waals surface area contributed by atoms with Crippen molar-refractivity contribution < 1.29 is 9.90 Å². The summed E-state index contributed by atoms with van der Waals surface area (Å²) in [6.07, 6.45) is 4.09. The Balaban J connectivity index is 1.78. The normalized spacial score (nSPS) is 28.4. The van der Waals surface area contributed by atoms with Gasteiger partial charge in [0.15, 0.2) is 5.78 Å². The van der Waals surface area contributed by atoms with Crippen LogP contribution in [0.5, 0.6) is 0 Å². The quantitative estimate of drug-likeness (QED) is 0.861. The van der Waals surface area contributed by atoms with Crippen LogP contribution in [0.1, 0.15) is 35.2 Å². The van der Waals surface area contributed by atoms with Crippen molar-refractivity contribution in [2.75, 3.05) is 19.6 Å². The fourth-order valence-corrected chi connectivity index (χ4v) is 3.16. The van der Waals surface area contributed by atoms with Gasteiger partial charge < -0.3 is 5.11 Å². The third-order valence-electron chi connectivity index (χ3n) is 4.10. The fourth-order valence-electron chi connectivity index (χ4n) is 3.16. The minimum atomic E-state index is -1.19. The molecule has 3 heteroatoms. The Kier molecular flexibility index (Phi) is 2.96. The number of ketones is 1. The minimum Gasteiger partial charge on any atom is -0.380 e. The summed E-state index contributed by atoms with van der Waals surface area (Å²) >= 11 is 0. The van der Waals surface area contributed by atoms with Crippen molar-refractivity contribution in [2.45, 2.75) is 31.3 Å². The lowest BCUT2D eigenvalue weighted by Gasteiger charge is -2.32. The molecular weight excluding hydrogens is 226 g/mol. The SMILES string of the molecule is O=C1c2ccccc2CC1(O)CN1CCCCC1. The van der Waals surface area contributed by atoms with Gasteiger partial charge in [0.25, 0.3) is 0 Å². The number of rotatable bonds is 2. The van der Waals surface area contributed by atoms with Crippen LogP contribution < -0.4 is 0 Å². The van der Waals surface area contributed by atoms with E-state index in [-0.39, 0.29) is 5.78 Å². The first-order valence-corrected chi connectivity index (χ1v) is 6.76. The number of carbonyl (C=O) groups excluding carboxylic acids is 1. The smallest absolute Gasteiger partial charge is 0.196 e. The first kappa shape index (κ1) is 11.9. The molecule has 1 aromatic rings. The Hall–Kier alpha value is -1.19. The Morgan fingerprint density at radius 2 is 1.89 bits per heavy atom. The number of hydrogen-bond donors (Lipinski definition) is 1. The van der Waals surface area contributed by atoms with Crippen LogP contribution in [0.15, 0.2) is 24.3 Å². The van der Waals surface area contributed by atoms with E-state index >= 15 is 0 Å². The highest BCUT2D eigenvalue weighted by atomic mass is 16.3. The van der Waals surface area contributed by atoms with E-state index in [0.29, 0.717) is 18.5 Å².